The van der Waals surface area contributed by atoms with Crippen LogP contribution < -0.4 is 26.7 Å². The third-order valence-corrected chi connectivity index (χ3v) is 8.24. The van der Waals surface area contributed by atoms with Crippen LogP contribution in [0.3, 0.4) is 0 Å². The second-order valence-corrected chi connectivity index (χ2v) is 9.93. The number of para-hydroxylation sites is 2. The van der Waals surface area contributed by atoms with Gasteiger partial charge in [0.05, 0.1) is 13.2 Å². The van der Waals surface area contributed by atoms with Gasteiger partial charge in [-0.1, -0.05) is 24.3 Å². The van der Waals surface area contributed by atoms with E-state index in [9.17, 15) is 14.7 Å². The molecule has 0 saturated heterocycles. The van der Waals surface area contributed by atoms with Gasteiger partial charge in [-0.05, 0) is 59.5 Å². The van der Waals surface area contributed by atoms with Crippen LogP contribution in [0.2, 0.25) is 0 Å². The lowest BCUT2D eigenvalue weighted by atomic mass is 9.65. The lowest BCUT2D eigenvalue weighted by Crippen LogP contribution is -2.60. The average molecular weight is 492 g/mol. The summed E-state index contributed by atoms with van der Waals surface area (Å²) in [7, 11) is 1.57. The number of aliphatic carboxylic acids is 1. The lowest BCUT2D eigenvalue weighted by Gasteiger charge is -2.41. The van der Waals surface area contributed by atoms with Crippen molar-refractivity contribution in [3.63, 3.8) is 0 Å². The Bertz CT molecular complexity index is 1380. The predicted octanol–water partition coefficient (Wildman–Crippen LogP) is 3.13. The van der Waals surface area contributed by atoms with E-state index >= 15 is 0 Å². The molecule has 4 atom stereocenters. The van der Waals surface area contributed by atoms with Crippen LogP contribution in [0.5, 0.6) is 17.2 Å². The number of carboxylic acids is 1. The molecule has 1 aliphatic heterocycles. The number of ether oxygens (including phenoxy) is 2. The summed E-state index contributed by atoms with van der Waals surface area (Å²) in [6.07, 6.45) is 0. The largest absolute Gasteiger partial charge is 0.493 e. The van der Waals surface area contributed by atoms with Gasteiger partial charge in [-0.15, -0.1) is 11.8 Å². The molecular formula is C26H25N3O5S. The topological polar surface area (TPSA) is 151 Å². The second-order valence-electron chi connectivity index (χ2n) is 8.78. The van der Waals surface area contributed by atoms with Gasteiger partial charge in [0.1, 0.15) is 16.5 Å². The highest BCUT2D eigenvalue weighted by Crippen LogP contribution is 2.56. The first-order valence-corrected chi connectivity index (χ1v) is 11.9. The molecule has 0 fully saturated rings. The number of thioether (sulfide) groups is 1. The smallest absolute Gasteiger partial charge is 0.317 e. The van der Waals surface area contributed by atoms with E-state index in [1.807, 2.05) is 19.1 Å². The first-order chi connectivity index (χ1) is 16.7. The SMILES string of the molecule is COc1ccccc1Oc1ccc(C2(N)C(=O)C(N)C3c4c2ccc(N)c4SC3C(=O)O)c(C)c1. The predicted molar refractivity (Wildman–Crippen MR) is 133 cm³/mol. The number of carbonyl (C=O) groups is 2. The normalized spacial score (nSPS) is 24.7. The number of hydrogen-bond acceptors (Lipinski definition) is 8. The molecule has 0 radical (unpaired) electrons. The molecule has 9 heteroatoms. The molecule has 7 N–H and O–H groups in total. The maximum atomic E-state index is 13.7. The van der Waals surface area contributed by atoms with Crippen molar-refractivity contribution < 1.29 is 24.2 Å². The molecule has 3 aromatic rings. The van der Waals surface area contributed by atoms with Crippen LogP contribution in [-0.4, -0.2) is 35.3 Å². The molecule has 2 aliphatic rings. The van der Waals surface area contributed by atoms with E-state index in [1.54, 1.807) is 49.6 Å². The first kappa shape index (κ1) is 23.2. The molecule has 0 bridgehead atoms. The quantitative estimate of drug-likeness (QED) is 0.395. The summed E-state index contributed by atoms with van der Waals surface area (Å²) in [5.41, 5.74) is 20.9. The number of carboxylic acid groups (broad SMARTS) is 1. The number of carbonyl (C=O) groups excluding carboxylic acids is 1. The van der Waals surface area contributed by atoms with E-state index in [0.717, 1.165) is 17.3 Å². The van der Waals surface area contributed by atoms with E-state index in [1.165, 1.54) is 0 Å². The van der Waals surface area contributed by atoms with Crippen molar-refractivity contribution in [3.05, 3.63) is 76.9 Å². The van der Waals surface area contributed by atoms with Crippen molar-refractivity contribution in [3.8, 4) is 17.2 Å². The molecule has 1 heterocycles. The molecule has 3 aromatic carbocycles. The fourth-order valence-electron chi connectivity index (χ4n) is 5.15. The zero-order chi connectivity index (χ0) is 25.1. The number of methoxy groups -OCH3 is 1. The summed E-state index contributed by atoms with van der Waals surface area (Å²) in [5, 5.41) is 8.89. The molecule has 0 amide bonds. The average Bonchev–Trinajstić information content (AvgIpc) is 3.25. The summed E-state index contributed by atoms with van der Waals surface area (Å²) >= 11 is 1.13. The van der Waals surface area contributed by atoms with E-state index in [-0.39, 0.29) is 0 Å². The van der Waals surface area contributed by atoms with E-state index in [2.05, 4.69) is 0 Å². The maximum Gasteiger partial charge on any atom is 0.317 e. The fraction of sp³-hybridized carbons (Fsp3) is 0.231. The van der Waals surface area contributed by atoms with Gasteiger partial charge in [0.2, 0.25) is 0 Å². The standard InChI is InChI=1S/C26H25N3O5S/c1-12-11-13(34-18-6-4-3-5-17(18)33-2)7-8-14(12)26(29)15-9-10-16(27)22-19(15)20(21(28)24(26)30)23(35-22)25(31)32/h3-11,20-21,23H,27-29H2,1-2H3,(H,31,32). The molecule has 8 nitrogen and oxygen atoms in total. The van der Waals surface area contributed by atoms with Crippen molar-refractivity contribution in [2.45, 2.75) is 34.6 Å². The zero-order valence-corrected chi connectivity index (χ0v) is 20.0. The number of hydrogen-bond donors (Lipinski definition) is 4. The lowest BCUT2D eigenvalue weighted by molar-refractivity contribution is -0.137. The van der Waals surface area contributed by atoms with Crippen molar-refractivity contribution in [1.29, 1.82) is 0 Å². The Morgan fingerprint density at radius 1 is 1.09 bits per heavy atom. The molecule has 5 rings (SSSR count). The number of aryl methyl sites for hydroxylation is 1. The van der Waals surface area contributed by atoms with Crippen molar-refractivity contribution in [2.75, 3.05) is 12.8 Å². The minimum absolute atomic E-state index is 0.430. The Morgan fingerprint density at radius 2 is 1.77 bits per heavy atom. The highest BCUT2D eigenvalue weighted by atomic mass is 32.2. The monoisotopic (exact) mass is 491 g/mol. The fourth-order valence-corrected chi connectivity index (χ4v) is 6.54. The maximum absolute atomic E-state index is 13.7. The number of nitrogen functional groups attached to an aromatic ring is 1. The molecule has 180 valence electrons. The number of ketones is 1. The molecule has 35 heavy (non-hydrogen) atoms. The number of anilines is 1. The van der Waals surface area contributed by atoms with Crippen LogP contribution in [-0.2, 0) is 15.1 Å². The Labute approximate surface area is 206 Å². The van der Waals surface area contributed by atoms with Crippen LogP contribution in [0.15, 0.2) is 59.5 Å². The van der Waals surface area contributed by atoms with E-state index in [4.69, 9.17) is 26.7 Å². The highest BCUT2D eigenvalue weighted by molar-refractivity contribution is 8.01. The molecule has 0 spiro atoms. The van der Waals surface area contributed by atoms with Crippen LogP contribution in [0.1, 0.15) is 28.2 Å². The van der Waals surface area contributed by atoms with Gasteiger partial charge in [-0.3, -0.25) is 9.59 Å². The van der Waals surface area contributed by atoms with E-state index < -0.39 is 34.5 Å². The third-order valence-electron chi connectivity index (χ3n) is 6.80. The van der Waals surface area contributed by atoms with Gasteiger partial charge < -0.3 is 31.8 Å². The summed E-state index contributed by atoms with van der Waals surface area (Å²) in [4.78, 5) is 26.3. The van der Waals surface area contributed by atoms with Gasteiger partial charge in [0.25, 0.3) is 0 Å². The third kappa shape index (κ3) is 3.38. The Morgan fingerprint density at radius 3 is 2.43 bits per heavy atom. The summed E-state index contributed by atoms with van der Waals surface area (Å²) in [6.45, 7) is 1.84. The van der Waals surface area contributed by atoms with Gasteiger partial charge in [0, 0.05) is 16.5 Å². The number of Topliss-reactive ketones (excluding diaryl/α,β-unsaturated/α-hetero) is 1. The number of nitrogens with two attached hydrogens (primary N) is 3. The van der Waals surface area contributed by atoms with Crippen molar-refractivity contribution in [2.24, 2.45) is 11.5 Å². The summed E-state index contributed by atoms with van der Waals surface area (Å²) < 4.78 is 11.4. The van der Waals surface area contributed by atoms with Gasteiger partial charge in [-0.25, -0.2) is 0 Å². The Balaban J connectivity index is 1.61. The second kappa shape index (κ2) is 8.30. The number of rotatable bonds is 5. The van der Waals surface area contributed by atoms with Crippen LogP contribution in [0.4, 0.5) is 5.69 Å². The number of benzene rings is 3. The van der Waals surface area contributed by atoms with Gasteiger partial charge >= 0.3 is 5.97 Å². The van der Waals surface area contributed by atoms with Crippen LogP contribution in [0.25, 0.3) is 0 Å². The van der Waals surface area contributed by atoms with Crippen molar-refractivity contribution >= 4 is 29.2 Å². The first-order valence-electron chi connectivity index (χ1n) is 11.0. The van der Waals surface area contributed by atoms with E-state index in [0.29, 0.717) is 44.5 Å². The van der Waals surface area contributed by atoms with Crippen LogP contribution in [0, 0.1) is 6.92 Å². The molecule has 0 aromatic heterocycles. The summed E-state index contributed by atoms with van der Waals surface area (Å²) in [6, 6.07) is 14.9. The minimum Gasteiger partial charge on any atom is -0.493 e. The molecular weight excluding hydrogens is 466 g/mol. The van der Waals surface area contributed by atoms with Crippen LogP contribution >= 0.6 is 11.8 Å². The molecule has 1 aliphatic carbocycles. The Hall–Kier alpha value is -3.53. The van der Waals surface area contributed by atoms with Crippen molar-refractivity contribution in [1.82, 2.24) is 0 Å². The Kier molecular flexibility index (Phi) is 5.51. The van der Waals surface area contributed by atoms with Gasteiger partial charge in [-0.2, -0.15) is 0 Å². The molecule has 0 saturated carbocycles. The molecule has 4 unspecified atom stereocenters. The van der Waals surface area contributed by atoms with Gasteiger partial charge in [0.15, 0.2) is 17.3 Å². The highest BCUT2D eigenvalue weighted by Gasteiger charge is 2.57. The summed E-state index contributed by atoms with van der Waals surface area (Å²) in [5.74, 6) is -0.481. The zero-order valence-electron chi connectivity index (χ0n) is 19.1. The minimum atomic E-state index is -1.56.